The van der Waals surface area contributed by atoms with Crippen LogP contribution in [0.5, 0.6) is 0 Å². The number of anilines is 1. The Morgan fingerprint density at radius 2 is 1.90 bits per heavy atom. The maximum absolute atomic E-state index is 13.0. The molecule has 0 saturated heterocycles. The van der Waals surface area contributed by atoms with E-state index in [1.165, 1.54) is 0 Å². The number of hydrogen-bond acceptors (Lipinski definition) is 3. The monoisotopic (exact) mass is 457 g/mol. The average molecular weight is 458 g/mol. The molecule has 2 aromatic carbocycles. The fourth-order valence-electron chi connectivity index (χ4n) is 3.28. The van der Waals surface area contributed by atoms with Gasteiger partial charge in [-0.2, -0.15) is 0 Å². The highest BCUT2D eigenvalue weighted by Gasteiger charge is 2.16. The lowest BCUT2D eigenvalue weighted by atomic mass is 10.2. The van der Waals surface area contributed by atoms with Crippen molar-refractivity contribution in [2.45, 2.75) is 24.4 Å². The second-order valence-electron chi connectivity index (χ2n) is 7.15. The molecular formula is C24H28ClN3O2S. The molecule has 0 atom stereocenters. The van der Waals surface area contributed by atoms with Crippen molar-refractivity contribution in [1.82, 2.24) is 9.47 Å². The number of ether oxygens (including phenoxy) is 1. The highest BCUT2D eigenvalue weighted by atomic mass is 35.5. The van der Waals surface area contributed by atoms with Gasteiger partial charge < -0.3 is 19.5 Å². The van der Waals surface area contributed by atoms with E-state index >= 15 is 0 Å². The van der Waals surface area contributed by atoms with Crippen LogP contribution >= 0.6 is 23.4 Å². The Morgan fingerprint density at radius 3 is 2.61 bits per heavy atom. The van der Waals surface area contributed by atoms with Crippen LogP contribution in [0.15, 0.2) is 71.8 Å². The molecule has 0 radical (unpaired) electrons. The first kappa shape index (κ1) is 23.3. The van der Waals surface area contributed by atoms with E-state index in [9.17, 15) is 4.79 Å². The summed E-state index contributed by atoms with van der Waals surface area (Å²) >= 11 is 8.02. The molecule has 3 aromatic rings. The summed E-state index contributed by atoms with van der Waals surface area (Å²) in [5, 5.41) is 3.76. The van der Waals surface area contributed by atoms with Gasteiger partial charge in [-0.25, -0.2) is 4.79 Å². The van der Waals surface area contributed by atoms with E-state index in [0.717, 1.165) is 33.3 Å². The van der Waals surface area contributed by atoms with E-state index < -0.39 is 0 Å². The first-order valence-electron chi connectivity index (χ1n) is 10.2. The molecule has 31 heavy (non-hydrogen) atoms. The zero-order valence-electron chi connectivity index (χ0n) is 17.9. The van der Waals surface area contributed by atoms with Crippen LogP contribution < -0.4 is 5.32 Å². The lowest BCUT2D eigenvalue weighted by Crippen LogP contribution is -2.36. The summed E-state index contributed by atoms with van der Waals surface area (Å²) in [6.07, 6.45) is 4.81. The number of nitrogens with zero attached hydrogens (tertiary/aromatic N) is 2. The molecule has 0 aliphatic heterocycles. The van der Waals surface area contributed by atoms with E-state index in [1.54, 1.807) is 18.9 Å². The molecule has 164 valence electrons. The highest BCUT2D eigenvalue weighted by molar-refractivity contribution is 7.98. The molecule has 1 heterocycles. The Bertz CT molecular complexity index is 975. The topological polar surface area (TPSA) is 46.5 Å². The Labute approximate surface area is 193 Å². The van der Waals surface area contributed by atoms with Gasteiger partial charge in [0.05, 0.1) is 6.54 Å². The third kappa shape index (κ3) is 6.79. The summed E-state index contributed by atoms with van der Waals surface area (Å²) in [6.45, 7) is 2.36. The van der Waals surface area contributed by atoms with Gasteiger partial charge in [-0.1, -0.05) is 29.8 Å². The number of benzene rings is 2. The Hall–Kier alpha value is -2.41. The van der Waals surface area contributed by atoms with E-state index in [2.05, 4.69) is 9.88 Å². The second-order valence-corrected chi connectivity index (χ2v) is 8.43. The molecule has 0 fully saturated rings. The maximum atomic E-state index is 13.0. The van der Waals surface area contributed by atoms with E-state index in [1.807, 2.05) is 78.0 Å². The normalized spacial score (nSPS) is 10.8. The van der Waals surface area contributed by atoms with Crippen LogP contribution in [0.3, 0.4) is 0 Å². The summed E-state index contributed by atoms with van der Waals surface area (Å²) < 4.78 is 7.32. The molecule has 2 amide bonds. The van der Waals surface area contributed by atoms with Crippen molar-refractivity contribution in [2.75, 3.05) is 31.8 Å². The predicted octanol–water partition coefficient (Wildman–Crippen LogP) is 5.98. The minimum Gasteiger partial charge on any atom is -0.385 e. The van der Waals surface area contributed by atoms with Gasteiger partial charge in [-0.05, 0) is 60.7 Å². The van der Waals surface area contributed by atoms with Gasteiger partial charge in [0.2, 0.25) is 0 Å². The van der Waals surface area contributed by atoms with Crippen LogP contribution in [0, 0.1) is 0 Å². The summed E-state index contributed by atoms with van der Waals surface area (Å²) in [4.78, 5) is 16.0. The van der Waals surface area contributed by atoms with Crippen molar-refractivity contribution in [1.29, 1.82) is 0 Å². The van der Waals surface area contributed by atoms with Crippen LogP contribution in [-0.2, 0) is 17.8 Å². The molecule has 1 N–H and O–H groups in total. The zero-order chi connectivity index (χ0) is 22.1. The molecule has 7 heteroatoms. The van der Waals surface area contributed by atoms with Crippen molar-refractivity contribution in [3.8, 4) is 0 Å². The van der Waals surface area contributed by atoms with Gasteiger partial charge in [-0.3, -0.25) is 0 Å². The van der Waals surface area contributed by atoms with Crippen molar-refractivity contribution in [3.05, 3.63) is 83.1 Å². The molecule has 1 aromatic heterocycles. The van der Waals surface area contributed by atoms with Crippen LogP contribution in [0.4, 0.5) is 10.5 Å². The standard InChI is InChI=1S/C24H28ClN3O2S/c1-30-16-6-15-28(24(29)26-20-10-12-22(31-2)13-11-20)18-21-8-5-14-27(21)17-19-7-3-4-9-23(19)25/h3-5,7-14H,6,15-18H2,1-2H3,(H,26,29). The number of carbonyl (C=O) groups is 1. The second kappa shape index (κ2) is 11.8. The molecule has 0 unspecified atom stereocenters. The maximum Gasteiger partial charge on any atom is 0.322 e. The smallest absolute Gasteiger partial charge is 0.322 e. The third-order valence-electron chi connectivity index (χ3n) is 4.98. The fourth-order valence-corrected chi connectivity index (χ4v) is 3.89. The van der Waals surface area contributed by atoms with E-state index in [-0.39, 0.29) is 6.03 Å². The van der Waals surface area contributed by atoms with Crippen molar-refractivity contribution < 1.29 is 9.53 Å². The highest BCUT2D eigenvalue weighted by Crippen LogP contribution is 2.20. The van der Waals surface area contributed by atoms with Crippen LogP contribution in [0.2, 0.25) is 5.02 Å². The van der Waals surface area contributed by atoms with Crippen LogP contribution in [0.25, 0.3) is 0 Å². The number of carbonyl (C=O) groups excluding carboxylic acids is 1. The van der Waals surface area contributed by atoms with Crippen molar-refractivity contribution in [2.24, 2.45) is 0 Å². The number of thioether (sulfide) groups is 1. The molecule has 0 saturated carbocycles. The Balaban J connectivity index is 1.72. The Kier molecular flexibility index (Phi) is 8.88. The van der Waals surface area contributed by atoms with Crippen LogP contribution in [0.1, 0.15) is 17.7 Å². The minimum absolute atomic E-state index is 0.126. The number of rotatable bonds is 10. The summed E-state index contributed by atoms with van der Waals surface area (Å²) in [7, 11) is 1.67. The number of hydrogen-bond donors (Lipinski definition) is 1. The fraction of sp³-hybridized carbons (Fsp3) is 0.292. The molecule has 0 bridgehead atoms. The van der Waals surface area contributed by atoms with Gasteiger partial charge in [0.15, 0.2) is 0 Å². The SMILES string of the molecule is COCCCN(Cc1cccn1Cc1ccccc1Cl)C(=O)Nc1ccc(SC)cc1. The summed E-state index contributed by atoms with van der Waals surface area (Å²) in [5.74, 6) is 0. The molecule has 0 aliphatic rings. The molecule has 0 spiro atoms. The van der Waals surface area contributed by atoms with Crippen molar-refractivity contribution in [3.63, 3.8) is 0 Å². The molecule has 0 aliphatic carbocycles. The quantitative estimate of drug-likeness (QED) is 0.301. The molecular weight excluding hydrogens is 430 g/mol. The average Bonchev–Trinajstić information content (AvgIpc) is 3.22. The van der Waals surface area contributed by atoms with Crippen molar-refractivity contribution >= 4 is 35.1 Å². The molecule has 3 rings (SSSR count). The lowest BCUT2D eigenvalue weighted by molar-refractivity contribution is 0.171. The first-order chi connectivity index (χ1) is 15.1. The van der Waals surface area contributed by atoms with Gasteiger partial charge in [0.25, 0.3) is 0 Å². The number of amides is 2. The van der Waals surface area contributed by atoms with Gasteiger partial charge >= 0.3 is 6.03 Å². The number of aromatic nitrogens is 1. The number of urea groups is 1. The third-order valence-corrected chi connectivity index (χ3v) is 6.09. The number of methoxy groups -OCH3 is 1. The van der Waals surface area contributed by atoms with E-state index in [0.29, 0.717) is 26.2 Å². The lowest BCUT2D eigenvalue weighted by Gasteiger charge is -2.24. The molecule has 5 nitrogen and oxygen atoms in total. The number of nitrogens with one attached hydrogen (secondary N) is 1. The summed E-state index contributed by atoms with van der Waals surface area (Å²) in [5.41, 5.74) is 2.88. The van der Waals surface area contributed by atoms with Gasteiger partial charge in [-0.15, -0.1) is 11.8 Å². The number of halogens is 1. The van der Waals surface area contributed by atoms with Crippen LogP contribution in [-0.4, -0.2) is 42.0 Å². The minimum atomic E-state index is -0.126. The van der Waals surface area contributed by atoms with E-state index in [4.69, 9.17) is 16.3 Å². The van der Waals surface area contributed by atoms with Gasteiger partial charge in [0.1, 0.15) is 0 Å². The summed E-state index contributed by atoms with van der Waals surface area (Å²) in [6, 6.07) is 19.6. The predicted molar refractivity (Wildman–Crippen MR) is 129 cm³/mol. The largest absolute Gasteiger partial charge is 0.385 e. The zero-order valence-corrected chi connectivity index (χ0v) is 19.5. The van der Waals surface area contributed by atoms with Gasteiger partial charge in [0, 0.05) is 54.3 Å². The Morgan fingerprint density at radius 1 is 1.13 bits per heavy atom. The first-order valence-corrected chi connectivity index (χ1v) is 11.8.